The van der Waals surface area contributed by atoms with Crippen LogP contribution in [0.15, 0.2) is 28.3 Å². The van der Waals surface area contributed by atoms with Gasteiger partial charge in [0, 0.05) is 25.8 Å². The lowest BCUT2D eigenvalue weighted by atomic mass is 9.99. The zero-order chi connectivity index (χ0) is 19.8. The predicted octanol–water partition coefficient (Wildman–Crippen LogP) is 3.11. The van der Waals surface area contributed by atoms with Crippen LogP contribution in [0.1, 0.15) is 42.0 Å². The molecule has 1 aliphatic heterocycles. The number of carbonyl (C=O) groups excluding carboxylic acids is 2. The fourth-order valence-corrected chi connectivity index (χ4v) is 2.92. The number of rotatable bonds is 4. The standard InChI is InChI=1S/C20H21NO6/c1-11-15(12(2)27-21-11)10-14-8-13(6-7-17(14)24-5)9-16-18(22)25-20(3,4)26-19(16)23/h6-9H,10H2,1-5H3. The monoisotopic (exact) mass is 371 g/mol. The number of carbonyl (C=O) groups is 2. The first kappa shape index (κ1) is 18.7. The number of ether oxygens (including phenoxy) is 3. The maximum Gasteiger partial charge on any atom is 0.348 e. The molecule has 1 fully saturated rings. The van der Waals surface area contributed by atoms with Crippen LogP contribution in [0.4, 0.5) is 0 Å². The van der Waals surface area contributed by atoms with Crippen molar-refractivity contribution in [1.82, 2.24) is 5.16 Å². The van der Waals surface area contributed by atoms with Gasteiger partial charge in [-0.15, -0.1) is 0 Å². The fourth-order valence-electron chi connectivity index (χ4n) is 2.92. The van der Waals surface area contributed by atoms with Gasteiger partial charge >= 0.3 is 11.9 Å². The van der Waals surface area contributed by atoms with Gasteiger partial charge in [-0.3, -0.25) is 0 Å². The van der Waals surface area contributed by atoms with E-state index in [-0.39, 0.29) is 5.57 Å². The summed E-state index contributed by atoms with van der Waals surface area (Å²) in [6, 6.07) is 5.38. The minimum Gasteiger partial charge on any atom is -0.496 e. The van der Waals surface area contributed by atoms with Crippen molar-refractivity contribution in [1.29, 1.82) is 0 Å². The van der Waals surface area contributed by atoms with E-state index in [1.54, 1.807) is 19.2 Å². The molecule has 0 spiro atoms. The molecular weight excluding hydrogens is 350 g/mol. The molecule has 2 heterocycles. The number of aryl methyl sites for hydroxylation is 2. The van der Waals surface area contributed by atoms with Crippen molar-refractivity contribution in [2.75, 3.05) is 7.11 Å². The molecule has 0 amide bonds. The second-order valence-electron chi connectivity index (χ2n) is 6.79. The van der Waals surface area contributed by atoms with E-state index in [4.69, 9.17) is 18.7 Å². The Morgan fingerprint density at radius 3 is 2.37 bits per heavy atom. The summed E-state index contributed by atoms with van der Waals surface area (Å²) < 4.78 is 20.9. The maximum atomic E-state index is 12.1. The first-order chi connectivity index (χ1) is 12.7. The van der Waals surface area contributed by atoms with Gasteiger partial charge in [0.2, 0.25) is 0 Å². The molecule has 27 heavy (non-hydrogen) atoms. The molecule has 0 unspecified atom stereocenters. The second kappa shape index (κ2) is 6.90. The summed E-state index contributed by atoms with van der Waals surface area (Å²) in [6.07, 6.45) is 2.00. The summed E-state index contributed by atoms with van der Waals surface area (Å²) in [7, 11) is 1.59. The molecular formula is C20H21NO6. The van der Waals surface area contributed by atoms with Crippen molar-refractivity contribution >= 4 is 18.0 Å². The molecule has 0 bridgehead atoms. The minimum atomic E-state index is -1.26. The van der Waals surface area contributed by atoms with Crippen molar-refractivity contribution in [2.45, 2.75) is 39.9 Å². The molecule has 2 aromatic rings. The largest absolute Gasteiger partial charge is 0.496 e. The molecule has 7 nitrogen and oxygen atoms in total. The van der Waals surface area contributed by atoms with Gasteiger partial charge in [0.25, 0.3) is 5.79 Å². The van der Waals surface area contributed by atoms with E-state index in [0.717, 1.165) is 22.6 Å². The third-order valence-electron chi connectivity index (χ3n) is 4.28. The van der Waals surface area contributed by atoms with Crippen LogP contribution < -0.4 is 4.74 Å². The molecule has 3 rings (SSSR count). The highest BCUT2D eigenvalue weighted by Crippen LogP contribution is 2.28. The van der Waals surface area contributed by atoms with Crippen molar-refractivity contribution in [3.05, 3.63) is 51.9 Å². The summed E-state index contributed by atoms with van der Waals surface area (Å²) in [5, 5.41) is 3.97. The van der Waals surface area contributed by atoms with Crippen molar-refractivity contribution in [3.63, 3.8) is 0 Å². The van der Waals surface area contributed by atoms with E-state index in [0.29, 0.717) is 17.7 Å². The molecule has 0 aliphatic carbocycles. The maximum absolute atomic E-state index is 12.1. The Balaban J connectivity index is 1.96. The molecule has 0 atom stereocenters. The van der Waals surface area contributed by atoms with Crippen LogP contribution in [0.25, 0.3) is 6.08 Å². The molecule has 142 valence electrons. The number of hydrogen-bond donors (Lipinski definition) is 0. The van der Waals surface area contributed by atoms with E-state index in [1.165, 1.54) is 19.9 Å². The van der Waals surface area contributed by atoms with Gasteiger partial charge in [0.15, 0.2) is 0 Å². The summed E-state index contributed by atoms with van der Waals surface area (Å²) in [5.74, 6) is -1.26. The van der Waals surface area contributed by atoms with Gasteiger partial charge in [-0.2, -0.15) is 0 Å². The van der Waals surface area contributed by atoms with E-state index in [1.807, 2.05) is 19.9 Å². The van der Waals surface area contributed by atoms with Crippen molar-refractivity contribution in [2.24, 2.45) is 0 Å². The van der Waals surface area contributed by atoms with Gasteiger partial charge in [-0.05, 0) is 43.2 Å². The Bertz CT molecular complexity index is 896. The van der Waals surface area contributed by atoms with Crippen LogP contribution in [-0.4, -0.2) is 30.0 Å². The topological polar surface area (TPSA) is 87.9 Å². The molecule has 0 radical (unpaired) electrons. The van der Waals surface area contributed by atoms with E-state index >= 15 is 0 Å². The van der Waals surface area contributed by atoms with E-state index in [2.05, 4.69) is 5.16 Å². The van der Waals surface area contributed by atoms with Crippen LogP contribution in [0, 0.1) is 13.8 Å². The van der Waals surface area contributed by atoms with Gasteiger partial charge in [0.1, 0.15) is 17.1 Å². The van der Waals surface area contributed by atoms with Crippen LogP contribution >= 0.6 is 0 Å². The molecule has 0 saturated carbocycles. The number of benzene rings is 1. The number of methoxy groups -OCH3 is 1. The minimum absolute atomic E-state index is 0.150. The fraction of sp³-hybridized carbons (Fsp3) is 0.350. The van der Waals surface area contributed by atoms with Crippen LogP contribution in [0.2, 0.25) is 0 Å². The lowest BCUT2D eigenvalue weighted by Gasteiger charge is -2.29. The Morgan fingerprint density at radius 1 is 1.15 bits per heavy atom. The van der Waals surface area contributed by atoms with E-state index in [9.17, 15) is 9.59 Å². The summed E-state index contributed by atoms with van der Waals surface area (Å²) in [5.41, 5.74) is 3.15. The average molecular weight is 371 g/mol. The van der Waals surface area contributed by atoms with E-state index < -0.39 is 17.7 Å². The lowest BCUT2D eigenvalue weighted by molar-refractivity contribution is -0.222. The number of esters is 2. The van der Waals surface area contributed by atoms with Gasteiger partial charge in [-0.1, -0.05) is 11.2 Å². The number of nitrogens with zero attached hydrogens (tertiary/aromatic N) is 1. The predicted molar refractivity (Wildman–Crippen MR) is 96.0 cm³/mol. The van der Waals surface area contributed by atoms with Gasteiger partial charge in [-0.25, -0.2) is 9.59 Å². The number of hydrogen-bond acceptors (Lipinski definition) is 7. The van der Waals surface area contributed by atoms with Crippen LogP contribution in [-0.2, 0) is 25.5 Å². The molecule has 1 saturated heterocycles. The Kier molecular flexibility index (Phi) is 4.78. The third kappa shape index (κ3) is 3.86. The average Bonchev–Trinajstić information content (AvgIpc) is 2.89. The quantitative estimate of drug-likeness (QED) is 0.463. The summed E-state index contributed by atoms with van der Waals surface area (Å²) >= 11 is 0. The van der Waals surface area contributed by atoms with Crippen LogP contribution in [0.3, 0.4) is 0 Å². The number of cyclic esters (lactones) is 2. The first-order valence-corrected chi connectivity index (χ1v) is 8.47. The highest BCUT2D eigenvalue weighted by Gasteiger charge is 2.38. The van der Waals surface area contributed by atoms with Crippen LogP contribution in [0.5, 0.6) is 5.75 Å². The normalized spacial score (nSPS) is 16.0. The molecule has 0 N–H and O–H groups in total. The highest BCUT2D eigenvalue weighted by molar-refractivity contribution is 6.18. The SMILES string of the molecule is COc1ccc(C=C2C(=O)OC(C)(C)OC2=O)cc1Cc1c(C)noc1C. The molecule has 1 aliphatic rings. The Morgan fingerprint density at radius 2 is 1.81 bits per heavy atom. The molecule has 1 aromatic carbocycles. The second-order valence-corrected chi connectivity index (χ2v) is 6.79. The Hall–Kier alpha value is -3.09. The smallest absolute Gasteiger partial charge is 0.348 e. The molecule has 7 heteroatoms. The Labute approximate surface area is 156 Å². The third-order valence-corrected chi connectivity index (χ3v) is 4.28. The summed E-state index contributed by atoms with van der Waals surface area (Å²) in [6.45, 7) is 6.74. The number of aromatic nitrogens is 1. The lowest BCUT2D eigenvalue weighted by Crippen LogP contribution is -2.41. The van der Waals surface area contributed by atoms with Crippen molar-refractivity contribution < 1.29 is 28.3 Å². The first-order valence-electron chi connectivity index (χ1n) is 8.47. The zero-order valence-corrected chi connectivity index (χ0v) is 15.9. The summed E-state index contributed by atoms with van der Waals surface area (Å²) in [4.78, 5) is 24.3. The van der Waals surface area contributed by atoms with Crippen molar-refractivity contribution in [3.8, 4) is 5.75 Å². The molecule has 1 aromatic heterocycles. The zero-order valence-electron chi connectivity index (χ0n) is 15.9. The van der Waals surface area contributed by atoms with Gasteiger partial charge < -0.3 is 18.7 Å². The van der Waals surface area contributed by atoms with Gasteiger partial charge in [0.05, 0.1) is 12.8 Å². The highest BCUT2D eigenvalue weighted by atomic mass is 16.7.